The Balaban J connectivity index is 2.56. The first-order valence-electron chi connectivity index (χ1n) is 6.77. The number of hydrogen-bond acceptors (Lipinski definition) is 3. The van der Waals surface area contributed by atoms with Gasteiger partial charge in [-0.15, -0.1) is 0 Å². The van der Waals surface area contributed by atoms with Crippen molar-refractivity contribution in [2.75, 3.05) is 5.73 Å². The van der Waals surface area contributed by atoms with Gasteiger partial charge in [-0.2, -0.15) is 5.10 Å². The number of imidazole rings is 1. The Labute approximate surface area is 114 Å². The van der Waals surface area contributed by atoms with Crippen molar-refractivity contribution >= 4 is 5.82 Å². The van der Waals surface area contributed by atoms with Gasteiger partial charge in [0.05, 0.1) is 6.20 Å². The molecule has 2 N–H and O–H groups in total. The molecule has 5 nitrogen and oxygen atoms in total. The normalized spacial score (nSPS) is 12.1. The van der Waals surface area contributed by atoms with Crippen LogP contribution < -0.4 is 5.73 Å². The van der Waals surface area contributed by atoms with Crippen LogP contribution in [0.25, 0.3) is 11.3 Å². The lowest BCUT2D eigenvalue weighted by molar-refractivity contribution is 0.509. The van der Waals surface area contributed by atoms with Crippen LogP contribution in [0, 0.1) is 0 Å². The Morgan fingerprint density at radius 2 is 1.89 bits per heavy atom. The van der Waals surface area contributed by atoms with E-state index >= 15 is 0 Å². The Kier molecular flexibility index (Phi) is 3.39. The summed E-state index contributed by atoms with van der Waals surface area (Å²) in [5.41, 5.74) is 8.06. The molecule has 19 heavy (non-hydrogen) atoms. The van der Waals surface area contributed by atoms with E-state index in [0.29, 0.717) is 0 Å². The molecule has 2 rings (SSSR count). The minimum absolute atomic E-state index is 0.0247. The Bertz CT molecular complexity index is 571. The van der Waals surface area contributed by atoms with E-state index in [1.807, 2.05) is 17.1 Å². The molecule has 0 aliphatic carbocycles. The van der Waals surface area contributed by atoms with Gasteiger partial charge in [0, 0.05) is 30.3 Å². The number of anilines is 1. The van der Waals surface area contributed by atoms with E-state index in [1.165, 1.54) is 0 Å². The maximum absolute atomic E-state index is 6.26. The fourth-order valence-corrected chi connectivity index (χ4v) is 2.23. The lowest BCUT2D eigenvalue weighted by atomic mass is 9.96. The summed E-state index contributed by atoms with van der Waals surface area (Å²) in [5.74, 6) is 1.75. The summed E-state index contributed by atoms with van der Waals surface area (Å²) < 4.78 is 3.97. The SMILES string of the molecule is CCn1cc(-c2nc(C(C)(C)C)n(CC)c2N)cn1. The predicted molar refractivity (Wildman–Crippen MR) is 77.9 cm³/mol. The van der Waals surface area contributed by atoms with Crippen LogP contribution in [0.5, 0.6) is 0 Å². The van der Waals surface area contributed by atoms with Gasteiger partial charge in [-0.1, -0.05) is 20.8 Å². The molecule has 2 aromatic rings. The molecule has 0 atom stereocenters. The lowest BCUT2D eigenvalue weighted by Gasteiger charge is -2.19. The van der Waals surface area contributed by atoms with E-state index in [0.717, 1.165) is 36.0 Å². The molecule has 104 valence electrons. The molecule has 0 aromatic carbocycles. The summed E-state index contributed by atoms with van der Waals surface area (Å²) >= 11 is 0. The standard InChI is InChI=1S/C14H23N5/c1-6-18-9-10(8-16-18)11-12(15)19(7-2)13(17-11)14(3,4)5/h8-9H,6-7,15H2,1-5H3. The molecule has 5 heteroatoms. The third-order valence-electron chi connectivity index (χ3n) is 3.22. The van der Waals surface area contributed by atoms with Crippen molar-refractivity contribution in [3.05, 3.63) is 18.2 Å². The van der Waals surface area contributed by atoms with Crippen LogP contribution in [0.1, 0.15) is 40.4 Å². The van der Waals surface area contributed by atoms with Crippen molar-refractivity contribution in [2.24, 2.45) is 0 Å². The second-order valence-electron chi connectivity index (χ2n) is 5.75. The van der Waals surface area contributed by atoms with Crippen LogP contribution in [-0.2, 0) is 18.5 Å². The number of rotatable bonds is 3. The van der Waals surface area contributed by atoms with Crippen LogP contribution in [0.3, 0.4) is 0 Å². The van der Waals surface area contributed by atoms with Gasteiger partial charge in [-0.25, -0.2) is 4.98 Å². The summed E-state index contributed by atoms with van der Waals surface area (Å²) in [7, 11) is 0. The van der Waals surface area contributed by atoms with Gasteiger partial charge in [0.2, 0.25) is 0 Å². The molecule has 2 heterocycles. The van der Waals surface area contributed by atoms with E-state index in [9.17, 15) is 0 Å². The zero-order valence-electron chi connectivity index (χ0n) is 12.4. The van der Waals surface area contributed by atoms with Crippen LogP contribution >= 0.6 is 0 Å². The molecule has 0 fully saturated rings. The second kappa shape index (κ2) is 4.72. The third kappa shape index (κ3) is 2.37. The van der Waals surface area contributed by atoms with Crippen LogP contribution in [0.15, 0.2) is 12.4 Å². The van der Waals surface area contributed by atoms with Crippen LogP contribution in [0.2, 0.25) is 0 Å². The molecule has 0 saturated carbocycles. The van der Waals surface area contributed by atoms with Crippen molar-refractivity contribution in [1.29, 1.82) is 0 Å². The fraction of sp³-hybridized carbons (Fsp3) is 0.571. The molecule has 0 aliphatic heterocycles. The topological polar surface area (TPSA) is 61.7 Å². The monoisotopic (exact) mass is 261 g/mol. The first-order chi connectivity index (χ1) is 8.88. The van der Waals surface area contributed by atoms with E-state index < -0.39 is 0 Å². The highest BCUT2D eigenvalue weighted by Gasteiger charge is 2.25. The molecule has 0 amide bonds. The fourth-order valence-electron chi connectivity index (χ4n) is 2.23. The molecule has 0 spiro atoms. The number of aromatic nitrogens is 4. The van der Waals surface area contributed by atoms with Crippen LogP contribution in [0.4, 0.5) is 5.82 Å². The van der Waals surface area contributed by atoms with Crippen molar-refractivity contribution in [2.45, 2.75) is 53.1 Å². The largest absolute Gasteiger partial charge is 0.383 e. The molecule has 0 radical (unpaired) electrons. The quantitative estimate of drug-likeness (QED) is 0.924. The average Bonchev–Trinajstić information content (AvgIpc) is 2.91. The summed E-state index contributed by atoms with van der Waals surface area (Å²) in [4.78, 5) is 4.75. The van der Waals surface area contributed by atoms with Gasteiger partial charge in [-0.05, 0) is 13.8 Å². The van der Waals surface area contributed by atoms with Gasteiger partial charge in [0.1, 0.15) is 17.3 Å². The minimum atomic E-state index is -0.0247. The number of hydrogen-bond donors (Lipinski definition) is 1. The highest BCUT2D eigenvalue weighted by molar-refractivity contribution is 5.70. The maximum atomic E-state index is 6.26. The molecule has 2 aromatic heterocycles. The summed E-state index contributed by atoms with van der Waals surface area (Å²) in [5, 5.41) is 4.29. The summed E-state index contributed by atoms with van der Waals surface area (Å²) in [6.45, 7) is 12.3. The lowest BCUT2D eigenvalue weighted by Crippen LogP contribution is -2.19. The van der Waals surface area contributed by atoms with E-state index in [1.54, 1.807) is 0 Å². The van der Waals surface area contributed by atoms with Gasteiger partial charge >= 0.3 is 0 Å². The predicted octanol–water partition coefficient (Wildman–Crippen LogP) is 2.67. The van der Waals surface area contributed by atoms with Gasteiger partial charge < -0.3 is 10.3 Å². The molecule has 0 saturated heterocycles. The van der Waals surface area contributed by atoms with Crippen molar-refractivity contribution in [3.8, 4) is 11.3 Å². The third-order valence-corrected chi connectivity index (χ3v) is 3.22. The zero-order valence-corrected chi connectivity index (χ0v) is 12.4. The van der Waals surface area contributed by atoms with Crippen molar-refractivity contribution in [1.82, 2.24) is 19.3 Å². The smallest absolute Gasteiger partial charge is 0.131 e. The second-order valence-corrected chi connectivity index (χ2v) is 5.75. The number of nitrogens with zero attached hydrogens (tertiary/aromatic N) is 4. The zero-order chi connectivity index (χ0) is 14.2. The highest BCUT2D eigenvalue weighted by atomic mass is 15.3. The van der Waals surface area contributed by atoms with E-state index in [2.05, 4.69) is 44.3 Å². The summed E-state index contributed by atoms with van der Waals surface area (Å²) in [6, 6.07) is 0. The molecular formula is C14H23N5. The molecule has 0 unspecified atom stereocenters. The average molecular weight is 261 g/mol. The van der Waals surface area contributed by atoms with Gasteiger partial charge in [-0.3, -0.25) is 4.68 Å². The number of nitrogens with two attached hydrogens (primary N) is 1. The van der Waals surface area contributed by atoms with E-state index in [4.69, 9.17) is 10.7 Å². The molecule has 0 aliphatic rings. The molecule has 0 bridgehead atoms. The Hall–Kier alpha value is -1.78. The number of nitrogen functional groups attached to an aromatic ring is 1. The highest BCUT2D eigenvalue weighted by Crippen LogP contribution is 2.31. The van der Waals surface area contributed by atoms with Crippen LogP contribution in [-0.4, -0.2) is 19.3 Å². The molecular weight excluding hydrogens is 238 g/mol. The minimum Gasteiger partial charge on any atom is -0.383 e. The van der Waals surface area contributed by atoms with Gasteiger partial charge in [0.15, 0.2) is 0 Å². The maximum Gasteiger partial charge on any atom is 0.131 e. The Morgan fingerprint density at radius 3 is 2.32 bits per heavy atom. The van der Waals surface area contributed by atoms with E-state index in [-0.39, 0.29) is 5.41 Å². The van der Waals surface area contributed by atoms with Gasteiger partial charge in [0.25, 0.3) is 0 Å². The first-order valence-corrected chi connectivity index (χ1v) is 6.77. The summed E-state index contributed by atoms with van der Waals surface area (Å²) in [6.07, 6.45) is 3.82. The first kappa shape index (κ1) is 13.6. The van der Waals surface area contributed by atoms with Crippen molar-refractivity contribution in [3.63, 3.8) is 0 Å². The Morgan fingerprint density at radius 1 is 1.21 bits per heavy atom. The number of aryl methyl sites for hydroxylation is 1. The van der Waals surface area contributed by atoms with Crippen molar-refractivity contribution < 1.29 is 0 Å².